The molecule has 5 nitrogen and oxygen atoms in total. The van der Waals surface area contributed by atoms with Crippen LogP contribution in [0.4, 0.5) is 4.79 Å². The first-order chi connectivity index (χ1) is 13.1. The van der Waals surface area contributed by atoms with Crippen LogP contribution in [0.2, 0.25) is 0 Å². The Morgan fingerprint density at radius 2 is 1.89 bits per heavy atom. The molecule has 0 bridgehead atoms. The number of fused-ring (bicyclic) bond motifs is 1. The predicted molar refractivity (Wildman–Crippen MR) is 102 cm³/mol. The van der Waals surface area contributed by atoms with Crippen LogP contribution >= 0.6 is 0 Å². The fraction of sp³-hybridized carbons (Fsp3) is 0.364. The molecule has 2 aromatic rings. The van der Waals surface area contributed by atoms with Gasteiger partial charge in [-0.3, -0.25) is 4.79 Å². The summed E-state index contributed by atoms with van der Waals surface area (Å²) in [6, 6.07) is 15.4. The maximum Gasteiger partial charge on any atom is 0.410 e. The maximum atomic E-state index is 12.8. The number of nitrogens with zero attached hydrogens (tertiary/aromatic N) is 1. The van der Waals surface area contributed by atoms with E-state index in [-0.39, 0.29) is 25.0 Å². The van der Waals surface area contributed by atoms with Gasteiger partial charge >= 0.3 is 12.1 Å². The van der Waals surface area contributed by atoms with Crippen LogP contribution in [0.5, 0.6) is 0 Å². The van der Waals surface area contributed by atoms with Crippen molar-refractivity contribution in [2.45, 2.75) is 38.8 Å². The molecule has 0 radical (unpaired) electrons. The summed E-state index contributed by atoms with van der Waals surface area (Å²) >= 11 is 0. The van der Waals surface area contributed by atoms with E-state index in [0.29, 0.717) is 6.54 Å². The molecule has 0 saturated carbocycles. The molecule has 1 aliphatic rings. The largest absolute Gasteiger partial charge is 0.469 e. The summed E-state index contributed by atoms with van der Waals surface area (Å²) in [4.78, 5) is 26.5. The van der Waals surface area contributed by atoms with Crippen molar-refractivity contribution in [3.05, 3.63) is 70.8 Å². The van der Waals surface area contributed by atoms with Crippen molar-refractivity contribution in [3.63, 3.8) is 0 Å². The van der Waals surface area contributed by atoms with Crippen molar-refractivity contribution in [1.82, 2.24) is 4.90 Å². The van der Waals surface area contributed by atoms with Gasteiger partial charge in [0.2, 0.25) is 0 Å². The van der Waals surface area contributed by atoms with Gasteiger partial charge in [0.15, 0.2) is 0 Å². The molecule has 1 atom stereocenters. The minimum atomic E-state index is -0.399. The minimum absolute atomic E-state index is 0.126. The van der Waals surface area contributed by atoms with Crippen molar-refractivity contribution in [2.75, 3.05) is 13.7 Å². The molecule has 0 spiro atoms. The molecule has 0 fully saturated rings. The van der Waals surface area contributed by atoms with Crippen molar-refractivity contribution < 1.29 is 19.1 Å². The molecule has 0 aromatic heterocycles. The van der Waals surface area contributed by atoms with Crippen LogP contribution in [0.25, 0.3) is 0 Å². The molecule has 5 heteroatoms. The van der Waals surface area contributed by atoms with Crippen LogP contribution in [-0.2, 0) is 33.7 Å². The summed E-state index contributed by atoms with van der Waals surface area (Å²) < 4.78 is 10.4. The summed E-state index contributed by atoms with van der Waals surface area (Å²) in [6.45, 7) is 2.82. The number of rotatable bonds is 5. The average Bonchev–Trinajstić information content (AvgIpc) is 2.72. The van der Waals surface area contributed by atoms with Crippen LogP contribution in [-0.4, -0.2) is 30.6 Å². The molecule has 0 N–H and O–H groups in total. The predicted octanol–water partition coefficient (Wildman–Crippen LogP) is 4.05. The van der Waals surface area contributed by atoms with Gasteiger partial charge in [0, 0.05) is 6.54 Å². The Hall–Kier alpha value is -2.82. The molecule has 1 aliphatic heterocycles. The monoisotopic (exact) mass is 367 g/mol. The number of carbonyl (C=O) groups is 2. The van der Waals surface area contributed by atoms with E-state index >= 15 is 0 Å². The first-order valence-electron chi connectivity index (χ1n) is 9.28. The lowest BCUT2D eigenvalue weighted by molar-refractivity contribution is -0.142. The Balaban J connectivity index is 1.84. The molecule has 1 amide bonds. The highest BCUT2D eigenvalue weighted by atomic mass is 16.6. The fourth-order valence-electron chi connectivity index (χ4n) is 3.65. The number of hydrogen-bond donors (Lipinski definition) is 0. The molecule has 1 heterocycles. The second-order valence-electron chi connectivity index (χ2n) is 6.62. The van der Waals surface area contributed by atoms with Gasteiger partial charge in [-0.05, 0) is 35.1 Å². The maximum absolute atomic E-state index is 12.8. The third kappa shape index (κ3) is 4.30. The van der Waals surface area contributed by atoms with Gasteiger partial charge in [0.05, 0.1) is 19.6 Å². The fourth-order valence-corrected chi connectivity index (χ4v) is 3.65. The molecule has 142 valence electrons. The van der Waals surface area contributed by atoms with E-state index < -0.39 is 6.09 Å². The zero-order valence-corrected chi connectivity index (χ0v) is 15.8. The molecule has 0 aliphatic carbocycles. The second-order valence-corrected chi connectivity index (χ2v) is 6.62. The van der Waals surface area contributed by atoms with Crippen molar-refractivity contribution >= 4 is 12.1 Å². The zero-order chi connectivity index (χ0) is 19.2. The van der Waals surface area contributed by atoms with E-state index in [0.717, 1.165) is 29.5 Å². The number of benzene rings is 2. The molecular weight excluding hydrogens is 342 g/mol. The van der Waals surface area contributed by atoms with E-state index in [2.05, 4.69) is 19.1 Å². The normalized spacial score (nSPS) is 15.8. The topological polar surface area (TPSA) is 55.8 Å². The van der Waals surface area contributed by atoms with E-state index in [1.54, 1.807) is 4.90 Å². The standard InChI is InChI=1S/C22H25NO4/c1-3-17-10-7-11-18-12-13-23(19(21(17)18)14-20(24)26-2)22(25)27-15-16-8-5-4-6-9-16/h4-11,19H,3,12-15H2,1-2H3. The molecular formula is C22H25NO4. The van der Waals surface area contributed by atoms with E-state index in [4.69, 9.17) is 9.47 Å². The number of amides is 1. The first-order valence-corrected chi connectivity index (χ1v) is 9.28. The lowest BCUT2D eigenvalue weighted by atomic mass is 9.86. The minimum Gasteiger partial charge on any atom is -0.469 e. The third-order valence-electron chi connectivity index (χ3n) is 5.03. The lowest BCUT2D eigenvalue weighted by Gasteiger charge is -2.37. The Morgan fingerprint density at radius 1 is 1.11 bits per heavy atom. The van der Waals surface area contributed by atoms with Gasteiger partial charge in [0.25, 0.3) is 0 Å². The SMILES string of the molecule is CCc1cccc2c1C(CC(=O)OC)N(C(=O)OCc1ccccc1)CC2. The van der Waals surface area contributed by atoms with Gasteiger partial charge in [-0.25, -0.2) is 4.79 Å². The molecule has 2 aromatic carbocycles. The number of aryl methyl sites for hydroxylation is 1. The first kappa shape index (κ1) is 19.0. The van der Waals surface area contributed by atoms with E-state index in [1.165, 1.54) is 12.7 Å². The van der Waals surface area contributed by atoms with Crippen LogP contribution in [0.1, 0.15) is 41.6 Å². The van der Waals surface area contributed by atoms with Gasteiger partial charge < -0.3 is 14.4 Å². The Morgan fingerprint density at radius 3 is 2.59 bits per heavy atom. The summed E-state index contributed by atoms with van der Waals surface area (Å²) in [5.74, 6) is -0.334. The zero-order valence-electron chi connectivity index (χ0n) is 15.8. The Labute approximate surface area is 159 Å². The van der Waals surface area contributed by atoms with Gasteiger partial charge in [0.1, 0.15) is 6.61 Å². The van der Waals surface area contributed by atoms with Crippen molar-refractivity contribution in [2.24, 2.45) is 0 Å². The quantitative estimate of drug-likeness (QED) is 0.748. The molecule has 1 unspecified atom stereocenters. The highest BCUT2D eigenvalue weighted by Gasteiger charge is 2.35. The molecule has 0 saturated heterocycles. The van der Waals surface area contributed by atoms with Gasteiger partial charge in [-0.2, -0.15) is 0 Å². The van der Waals surface area contributed by atoms with Crippen LogP contribution < -0.4 is 0 Å². The van der Waals surface area contributed by atoms with Crippen LogP contribution in [0.15, 0.2) is 48.5 Å². The highest BCUT2D eigenvalue weighted by Crippen LogP contribution is 2.36. The van der Waals surface area contributed by atoms with Crippen molar-refractivity contribution in [3.8, 4) is 0 Å². The molecule has 27 heavy (non-hydrogen) atoms. The number of hydrogen-bond acceptors (Lipinski definition) is 4. The third-order valence-corrected chi connectivity index (χ3v) is 5.03. The van der Waals surface area contributed by atoms with Crippen LogP contribution in [0, 0.1) is 0 Å². The molecule has 3 rings (SSSR count). The van der Waals surface area contributed by atoms with Gasteiger partial charge in [-0.15, -0.1) is 0 Å². The summed E-state index contributed by atoms with van der Waals surface area (Å²) in [6.07, 6.45) is 1.32. The summed E-state index contributed by atoms with van der Waals surface area (Å²) in [5, 5.41) is 0. The average molecular weight is 367 g/mol. The number of methoxy groups -OCH3 is 1. The Bertz CT molecular complexity index is 789. The number of esters is 1. The van der Waals surface area contributed by atoms with E-state index in [1.807, 2.05) is 36.4 Å². The Kier molecular flexibility index (Phi) is 6.12. The number of ether oxygens (including phenoxy) is 2. The summed E-state index contributed by atoms with van der Waals surface area (Å²) in [5.41, 5.74) is 4.34. The second kappa shape index (κ2) is 8.71. The smallest absolute Gasteiger partial charge is 0.410 e. The van der Waals surface area contributed by atoms with E-state index in [9.17, 15) is 9.59 Å². The lowest BCUT2D eigenvalue weighted by Crippen LogP contribution is -2.42. The van der Waals surface area contributed by atoms with Crippen LogP contribution in [0.3, 0.4) is 0 Å². The summed E-state index contributed by atoms with van der Waals surface area (Å²) in [7, 11) is 1.37. The number of carbonyl (C=O) groups excluding carboxylic acids is 2. The van der Waals surface area contributed by atoms with Crippen molar-refractivity contribution in [1.29, 1.82) is 0 Å². The highest BCUT2D eigenvalue weighted by molar-refractivity contribution is 5.74. The van der Waals surface area contributed by atoms with Gasteiger partial charge in [-0.1, -0.05) is 55.5 Å².